The molecule has 0 unspecified atom stereocenters. The van der Waals surface area contributed by atoms with Crippen LogP contribution in [0.4, 0.5) is 23.7 Å². The van der Waals surface area contributed by atoms with Crippen LogP contribution in [0.2, 0.25) is 15.1 Å². The van der Waals surface area contributed by atoms with Crippen molar-refractivity contribution in [2.75, 3.05) is 12.4 Å². The Labute approximate surface area is 160 Å². The molecule has 0 atom stereocenters. The molecule has 0 aromatic heterocycles. The van der Waals surface area contributed by atoms with Crippen LogP contribution >= 0.6 is 46.6 Å². The predicted molar refractivity (Wildman–Crippen MR) is 95.1 cm³/mol. The molecule has 0 bridgehead atoms. The van der Waals surface area contributed by atoms with Crippen LogP contribution in [0.3, 0.4) is 0 Å². The van der Waals surface area contributed by atoms with Crippen molar-refractivity contribution in [2.45, 2.75) is 16.0 Å². The number of nitrogens with one attached hydrogen (secondary N) is 2. The van der Waals surface area contributed by atoms with Crippen LogP contribution in [0, 0.1) is 0 Å². The van der Waals surface area contributed by atoms with E-state index in [1.165, 1.54) is 19.2 Å². The van der Waals surface area contributed by atoms with Gasteiger partial charge in [-0.3, -0.25) is 0 Å². The smallest absolute Gasteiger partial charge is 0.341 e. The monoisotopic (exact) mass is 428 g/mol. The summed E-state index contributed by atoms with van der Waals surface area (Å²) in [5.74, 6) is 0. The fourth-order valence-electron chi connectivity index (χ4n) is 1.79. The van der Waals surface area contributed by atoms with Gasteiger partial charge < -0.3 is 10.6 Å². The number of anilines is 1. The molecule has 0 saturated carbocycles. The van der Waals surface area contributed by atoms with Crippen molar-refractivity contribution >= 4 is 58.3 Å². The lowest BCUT2D eigenvalue weighted by Crippen LogP contribution is -2.24. The molecular weight excluding hydrogens is 420 g/mol. The first kappa shape index (κ1) is 20.0. The average molecular weight is 430 g/mol. The van der Waals surface area contributed by atoms with Crippen molar-refractivity contribution in [3.8, 4) is 0 Å². The molecule has 0 saturated heterocycles. The number of benzene rings is 2. The molecule has 0 aliphatic heterocycles. The summed E-state index contributed by atoms with van der Waals surface area (Å²) in [6.07, 6.45) is -4.49. The molecule has 0 spiro atoms. The highest BCUT2D eigenvalue weighted by Gasteiger charge is 2.31. The fourth-order valence-corrected chi connectivity index (χ4v) is 3.63. The Morgan fingerprint density at radius 1 is 1.04 bits per heavy atom. The van der Waals surface area contributed by atoms with Crippen molar-refractivity contribution in [1.82, 2.24) is 5.32 Å². The Balaban J connectivity index is 2.36. The van der Waals surface area contributed by atoms with Crippen LogP contribution in [0.25, 0.3) is 0 Å². The molecule has 134 valence electrons. The summed E-state index contributed by atoms with van der Waals surface area (Å²) < 4.78 is 38.6. The number of hydrogen-bond acceptors (Lipinski definition) is 2. The van der Waals surface area contributed by atoms with E-state index in [0.29, 0.717) is 10.6 Å². The number of amides is 2. The molecule has 2 N–H and O–H groups in total. The van der Waals surface area contributed by atoms with Crippen molar-refractivity contribution in [3.63, 3.8) is 0 Å². The summed E-state index contributed by atoms with van der Waals surface area (Å²) in [7, 11) is 1.44. The largest absolute Gasteiger partial charge is 0.416 e. The molecule has 0 aliphatic carbocycles. The summed E-state index contributed by atoms with van der Waals surface area (Å²) in [4.78, 5) is 11.8. The quantitative estimate of drug-likeness (QED) is 0.579. The lowest BCUT2D eigenvalue weighted by Gasteiger charge is -2.13. The predicted octanol–water partition coefficient (Wildman–Crippen LogP) is 6.57. The second-order valence-corrected chi connectivity index (χ2v) is 6.99. The van der Waals surface area contributed by atoms with Gasteiger partial charge in [0.1, 0.15) is 0 Å². The third-order valence-corrected chi connectivity index (χ3v) is 5.42. The Hall–Kier alpha value is -1.28. The highest BCUT2D eigenvalue weighted by atomic mass is 35.5. The second kappa shape index (κ2) is 7.95. The first-order valence-corrected chi connectivity index (χ1v) is 8.59. The second-order valence-electron chi connectivity index (χ2n) is 4.72. The number of alkyl halides is 3. The lowest BCUT2D eigenvalue weighted by molar-refractivity contribution is -0.137. The lowest BCUT2D eigenvalue weighted by atomic mass is 10.2. The summed E-state index contributed by atoms with van der Waals surface area (Å²) >= 11 is 19.2. The molecule has 10 heteroatoms. The third kappa shape index (κ3) is 5.10. The zero-order chi connectivity index (χ0) is 18.8. The van der Waals surface area contributed by atoms with Crippen LogP contribution in [-0.2, 0) is 6.18 Å². The van der Waals surface area contributed by atoms with Crippen LogP contribution in [0.1, 0.15) is 5.56 Å². The first-order chi connectivity index (χ1) is 11.6. The summed E-state index contributed by atoms with van der Waals surface area (Å²) in [6, 6.07) is 5.39. The van der Waals surface area contributed by atoms with Crippen molar-refractivity contribution in [2.24, 2.45) is 0 Å². The van der Waals surface area contributed by atoms with E-state index in [2.05, 4.69) is 10.6 Å². The average Bonchev–Trinajstić information content (AvgIpc) is 2.51. The molecule has 0 aliphatic rings. The minimum absolute atomic E-state index is 0.137. The molecule has 2 aromatic carbocycles. The van der Waals surface area contributed by atoms with E-state index < -0.39 is 17.8 Å². The Morgan fingerprint density at radius 3 is 2.16 bits per heavy atom. The van der Waals surface area contributed by atoms with E-state index in [1.54, 1.807) is 0 Å². The number of hydrogen-bond donors (Lipinski definition) is 2. The molecular formula is C15H10Cl3F3N2OS. The summed E-state index contributed by atoms with van der Waals surface area (Å²) in [5.41, 5.74) is -0.488. The zero-order valence-corrected chi connectivity index (χ0v) is 15.6. The van der Waals surface area contributed by atoms with Gasteiger partial charge in [-0.25, -0.2) is 4.79 Å². The fraction of sp³-hybridized carbons (Fsp3) is 0.133. The number of carbonyl (C=O) groups is 1. The van der Waals surface area contributed by atoms with Crippen LogP contribution in [0.15, 0.2) is 40.1 Å². The van der Waals surface area contributed by atoms with E-state index in [1.807, 2.05) is 0 Å². The van der Waals surface area contributed by atoms with Gasteiger partial charge in [-0.2, -0.15) is 13.2 Å². The first-order valence-electron chi connectivity index (χ1n) is 6.64. The maximum absolute atomic E-state index is 12.9. The minimum Gasteiger partial charge on any atom is -0.341 e. The van der Waals surface area contributed by atoms with Gasteiger partial charge in [-0.1, -0.05) is 46.6 Å². The van der Waals surface area contributed by atoms with Gasteiger partial charge in [0.25, 0.3) is 0 Å². The van der Waals surface area contributed by atoms with Gasteiger partial charge >= 0.3 is 12.2 Å². The van der Waals surface area contributed by atoms with Crippen molar-refractivity contribution in [3.05, 3.63) is 51.0 Å². The molecule has 25 heavy (non-hydrogen) atoms. The molecule has 2 rings (SSSR count). The van der Waals surface area contributed by atoms with E-state index in [4.69, 9.17) is 34.8 Å². The number of halogens is 6. The number of rotatable bonds is 3. The standard InChI is InChI=1S/C15H10Cl3F3N2OS/c1-22-14(24)23-8-5-10(17)13(11(18)6-8)25-12-4-7(15(19,20)21)2-3-9(12)16/h2-6H,1H3,(H2,22,23,24). The molecule has 3 nitrogen and oxygen atoms in total. The Bertz CT molecular complexity index is 792. The van der Waals surface area contributed by atoms with E-state index in [-0.39, 0.29) is 20.0 Å². The van der Waals surface area contributed by atoms with Crippen LogP contribution in [-0.4, -0.2) is 13.1 Å². The van der Waals surface area contributed by atoms with Crippen LogP contribution < -0.4 is 10.6 Å². The normalized spacial score (nSPS) is 11.3. The van der Waals surface area contributed by atoms with Crippen molar-refractivity contribution in [1.29, 1.82) is 0 Å². The van der Waals surface area contributed by atoms with Gasteiger partial charge in [0.15, 0.2) is 0 Å². The van der Waals surface area contributed by atoms with Gasteiger partial charge in [0.2, 0.25) is 0 Å². The molecule has 2 aromatic rings. The maximum Gasteiger partial charge on any atom is 0.416 e. The van der Waals surface area contributed by atoms with Gasteiger partial charge in [0, 0.05) is 22.5 Å². The highest BCUT2D eigenvalue weighted by Crippen LogP contribution is 2.44. The van der Waals surface area contributed by atoms with E-state index in [0.717, 1.165) is 30.0 Å². The number of urea groups is 1. The van der Waals surface area contributed by atoms with Gasteiger partial charge in [-0.05, 0) is 30.3 Å². The molecule has 0 radical (unpaired) electrons. The van der Waals surface area contributed by atoms with Crippen LogP contribution in [0.5, 0.6) is 0 Å². The molecule has 0 heterocycles. The Morgan fingerprint density at radius 2 is 1.64 bits per heavy atom. The summed E-state index contributed by atoms with van der Waals surface area (Å²) in [6.45, 7) is 0. The highest BCUT2D eigenvalue weighted by molar-refractivity contribution is 7.99. The molecule has 0 fully saturated rings. The molecule has 2 amide bonds. The van der Waals surface area contributed by atoms with E-state index >= 15 is 0 Å². The van der Waals surface area contributed by atoms with Crippen molar-refractivity contribution < 1.29 is 18.0 Å². The summed E-state index contributed by atoms with van der Waals surface area (Å²) in [5, 5.41) is 5.34. The third-order valence-electron chi connectivity index (χ3n) is 2.95. The van der Waals surface area contributed by atoms with E-state index in [9.17, 15) is 18.0 Å². The SMILES string of the molecule is CNC(=O)Nc1cc(Cl)c(Sc2cc(C(F)(F)F)ccc2Cl)c(Cl)c1. The topological polar surface area (TPSA) is 41.1 Å². The maximum atomic E-state index is 12.9. The Kier molecular flexibility index (Phi) is 6.37. The zero-order valence-electron chi connectivity index (χ0n) is 12.5. The minimum atomic E-state index is -4.49. The van der Waals surface area contributed by atoms with Gasteiger partial charge in [0.05, 0.1) is 20.6 Å². The van der Waals surface area contributed by atoms with Gasteiger partial charge in [-0.15, -0.1) is 0 Å². The number of carbonyl (C=O) groups excluding carboxylic acids is 1.